The van der Waals surface area contributed by atoms with Gasteiger partial charge in [-0.2, -0.15) is 5.10 Å². The second-order valence-electron chi connectivity index (χ2n) is 18.1. The Hall–Kier alpha value is -7.30. The van der Waals surface area contributed by atoms with Gasteiger partial charge in [-0.3, -0.25) is 4.99 Å². The van der Waals surface area contributed by atoms with Gasteiger partial charge in [-0.15, -0.1) is 0 Å². The molecule has 0 radical (unpaired) electrons. The zero-order chi connectivity index (χ0) is 43.1. The number of pyridine rings is 1. The van der Waals surface area contributed by atoms with Crippen molar-refractivity contribution in [3.63, 3.8) is 0 Å². The van der Waals surface area contributed by atoms with Crippen molar-refractivity contribution in [1.29, 1.82) is 0 Å². The van der Waals surface area contributed by atoms with Crippen LogP contribution >= 0.6 is 0 Å². The van der Waals surface area contributed by atoms with Gasteiger partial charge in [-0.05, 0) is 83.7 Å². The van der Waals surface area contributed by atoms with Crippen LogP contribution in [0.15, 0.2) is 228 Å². The van der Waals surface area contributed by atoms with Gasteiger partial charge in [0, 0.05) is 51.1 Å². The third-order valence-electron chi connectivity index (χ3n) is 14.2. The predicted molar refractivity (Wildman–Crippen MR) is 270 cm³/mol. The van der Waals surface area contributed by atoms with Crippen LogP contribution in [0.3, 0.4) is 0 Å². The molecule has 1 N–H and O–H groups in total. The van der Waals surface area contributed by atoms with Gasteiger partial charge in [0.25, 0.3) is 0 Å². The first-order valence-electron chi connectivity index (χ1n) is 23.6. The summed E-state index contributed by atoms with van der Waals surface area (Å²) in [6.45, 7) is 0. The fourth-order valence-corrected chi connectivity index (χ4v) is 10.9. The summed E-state index contributed by atoms with van der Waals surface area (Å²) >= 11 is 0. The van der Waals surface area contributed by atoms with E-state index >= 15 is 0 Å². The van der Waals surface area contributed by atoms with E-state index in [1.54, 1.807) is 0 Å². The third kappa shape index (κ3) is 7.28. The number of aromatic nitrogens is 2. The van der Waals surface area contributed by atoms with E-state index in [1.165, 1.54) is 77.8 Å². The number of nitrogens with zero attached hydrogens (tertiary/aromatic N) is 3. The number of nitrogens with one attached hydrogen (secondary N) is 1. The van der Waals surface area contributed by atoms with E-state index in [9.17, 15) is 0 Å². The average Bonchev–Trinajstić information content (AvgIpc) is 3.80. The largest absolute Gasteiger partial charge is 0.363 e. The Bertz CT molecular complexity index is 3190. The van der Waals surface area contributed by atoms with Crippen LogP contribution in [0.25, 0.3) is 38.5 Å². The molecule has 4 nitrogen and oxygen atoms in total. The maximum atomic E-state index is 5.67. The molecule has 0 saturated carbocycles. The Morgan fingerprint density at radius 1 is 0.554 bits per heavy atom. The number of benzene rings is 4. The zero-order valence-corrected chi connectivity index (χ0v) is 36.7. The lowest BCUT2D eigenvalue weighted by Gasteiger charge is -2.30. The molecule has 3 heterocycles. The fraction of sp³-hybridized carbons (Fsp3) is 0.180. The molecule has 5 aliphatic carbocycles. The molecule has 6 aromatic rings. The Labute approximate surface area is 382 Å². The quantitative estimate of drug-likeness (QED) is 0.166. The molecule has 0 fully saturated rings. The van der Waals surface area contributed by atoms with Gasteiger partial charge in [0.15, 0.2) is 0 Å². The monoisotopic (exact) mass is 840 g/mol. The molecule has 12 rings (SSSR count). The number of hydrogen-bond acceptors (Lipinski definition) is 3. The highest BCUT2D eigenvalue weighted by Gasteiger charge is 2.30. The Morgan fingerprint density at radius 2 is 1.28 bits per heavy atom. The predicted octanol–water partition coefficient (Wildman–Crippen LogP) is 15.0. The second kappa shape index (κ2) is 17.0. The average molecular weight is 841 g/mol. The van der Waals surface area contributed by atoms with Crippen LogP contribution in [0.1, 0.15) is 96.9 Å². The van der Waals surface area contributed by atoms with Crippen molar-refractivity contribution in [3.05, 3.63) is 251 Å². The first-order valence-corrected chi connectivity index (χ1v) is 23.6. The molecule has 4 heteroatoms. The molecular weight excluding hydrogens is 789 g/mol. The van der Waals surface area contributed by atoms with E-state index in [2.05, 4.69) is 210 Å². The number of fused-ring (bicyclic) bond motifs is 3. The summed E-state index contributed by atoms with van der Waals surface area (Å²) in [6, 6.07) is 38.3. The highest BCUT2D eigenvalue weighted by atomic mass is 15.2. The van der Waals surface area contributed by atoms with E-state index in [4.69, 9.17) is 10.1 Å². The van der Waals surface area contributed by atoms with Crippen LogP contribution in [0.2, 0.25) is 0 Å². The van der Waals surface area contributed by atoms with E-state index in [1.807, 2.05) is 0 Å². The minimum Gasteiger partial charge on any atom is -0.363 e. The summed E-state index contributed by atoms with van der Waals surface area (Å²) in [7, 11) is 0. The number of hydrogen-bond donors (Lipinski definition) is 1. The molecular formula is C61H52N4. The van der Waals surface area contributed by atoms with Gasteiger partial charge in [-0.1, -0.05) is 200 Å². The zero-order valence-electron chi connectivity index (χ0n) is 36.7. The second-order valence-corrected chi connectivity index (χ2v) is 18.1. The maximum Gasteiger partial charge on any atom is 0.145 e. The van der Waals surface area contributed by atoms with Gasteiger partial charge in [-0.25, -0.2) is 4.52 Å². The van der Waals surface area contributed by atoms with Crippen LogP contribution in [-0.2, 0) is 0 Å². The van der Waals surface area contributed by atoms with Crippen LogP contribution < -0.4 is 5.32 Å². The summed E-state index contributed by atoms with van der Waals surface area (Å²) < 4.78 is 2.32. The molecule has 4 aromatic carbocycles. The van der Waals surface area contributed by atoms with Crippen LogP contribution in [-0.4, -0.2) is 15.3 Å². The van der Waals surface area contributed by atoms with Crippen LogP contribution in [0.4, 0.5) is 0 Å². The fourth-order valence-electron chi connectivity index (χ4n) is 10.9. The number of aliphatic imine (C=N–C) groups is 1. The molecule has 0 saturated heterocycles. The molecule has 0 spiro atoms. The lowest BCUT2D eigenvalue weighted by atomic mass is 9.85. The summed E-state index contributed by atoms with van der Waals surface area (Å²) in [5, 5.41) is 12.0. The van der Waals surface area contributed by atoms with Crippen molar-refractivity contribution in [2.24, 2.45) is 4.99 Å². The van der Waals surface area contributed by atoms with E-state index in [0.29, 0.717) is 5.92 Å². The Balaban J connectivity index is 0.927. The molecule has 0 amide bonds. The van der Waals surface area contributed by atoms with Gasteiger partial charge in [0.05, 0.1) is 22.6 Å². The third-order valence-corrected chi connectivity index (χ3v) is 14.2. The SMILES string of the molecule is C1=CCCC(C2=CCC(c3ccc(C4=NC(c5ccc(-c6c(C7C=CC=CC7)n7nc(C8C=CC=CC8)c(-c8ccccc8)c7c7ccccc67)cc5)NC5=C4C=CCC5)cc3)C=C2)=C1. The van der Waals surface area contributed by atoms with Crippen molar-refractivity contribution >= 4 is 22.0 Å². The van der Waals surface area contributed by atoms with Crippen molar-refractivity contribution < 1.29 is 0 Å². The van der Waals surface area contributed by atoms with Gasteiger partial charge < -0.3 is 5.32 Å². The minimum atomic E-state index is -0.192. The van der Waals surface area contributed by atoms with E-state index < -0.39 is 0 Å². The first kappa shape index (κ1) is 39.3. The van der Waals surface area contributed by atoms with E-state index in [-0.39, 0.29) is 18.0 Å². The summed E-state index contributed by atoms with van der Waals surface area (Å²) in [5.41, 5.74) is 18.5. The Kier molecular flexibility index (Phi) is 10.3. The smallest absolute Gasteiger partial charge is 0.145 e. The lowest BCUT2D eigenvalue weighted by Crippen LogP contribution is -2.29. The van der Waals surface area contributed by atoms with Crippen molar-refractivity contribution in [2.45, 2.75) is 68.9 Å². The van der Waals surface area contributed by atoms with E-state index in [0.717, 1.165) is 61.9 Å². The number of allylic oxidation sites excluding steroid dienone is 20. The molecule has 1 aliphatic heterocycles. The molecule has 0 bridgehead atoms. The summed E-state index contributed by atoms with van der Waals surface area (Å²) in [4.78, 5) is 5.50. The lowest BCUT2D eigenvalue weighted by molar-refractivity contribution is 0.591. The molecule has 4 atom stereocenters. The molecule has 316 valence electrons. The van der Waals surface area contributed by atoms with Gasteiger partial charge in [0.2, 0.25) is 0 Å². The summed E-state index contributed by atoms with van der Waals surface area (Å²) in [6.07, 6.45) is 43.3. The molecule has 2 aromatic heterocycles. The molecule has 65 heavy (non-hydrogen) atoms. The normalized spacial score (nSPS) is 22.2. The Morgan fingerprint density at radius 3 is 2.02 bits per heavy atom. The van der Waals surface area contributed by atoms with Crippen LogP contribution in [0, 0.1) is 0 Å². The summed E-state index contributed by atoms with van der Waals surface area (Å²) in [5.74, 6) is 0.730. The highest BCUT2D eigenvalue weighted by Crippen LogP contribution is 2.46. The van der Waals surface area contributed by atoms with Crippen molar-refractivity contribution in [1.82, 2.24) is 14.9 Å². The van der Waals surface area contributed by atoms with Gasteiger partial charge in [0.1, 0.15) is 6.17 Å². The van der Waals surface area contributed by atoms with Crippen molar-refractivity contribution in [3.8, 4) is 22.3 Å². The minimum absolute atomic E-state index is 0.156. The first-order chi connectivity index (χ1) is 32.2. The molecule has 6 aliphatic rings. The highest BCUT2D eigenvalue weighted by molar-refractivity contribution is 6.15. The van der Waals surface area contributed by atoms with Crippen molar-refractivity contribution in [2.75, 3.05) is 0 Å². The molecule has 4 unspecified atom stereocenters. The standard InChI is InChI=1S/C61H52N4/c1-5-17-41(18-6-1)42-29-31-43(32-30-42)44-33-37-48(38-34-44)57-53-27-15-16-28-54(53)62-61(63-57)50-39-35-46(36-40-50)55-51-25-13-14-26-52(51)60-56(45-19-7-2-8-20-45)58(47-21-9-3-10-22-47)64-65(60)59(55)49-23-11-4-12-24-49/h1-5,7-15,17,19-21,23,25-27,29-31,33-40,43,47,49,61-62H,6,16,18,22,24,28,32H2. The number of rotatable bonds is 8. The van der Waals surface area contributed by atoms with Crippen LogP contribution in [0.5, 0.6) is 0 Å². The topological polar surface area (TPSA) is 41.7 Å². The van der Waals surface area contributed by atoms with Gasteiger partial charge >= 0.3 is 0 Å². The maximum absolute atomic E-state index is 5.67.